The molecule has 0 saturated carbocycles. The predicted octanol–water partition coefficient (Wildman–Crippen LogP) is 2.27. The van der Waals surface area contributed by atoms with Crippen LogP contribution < -0.4 is 5.43 Å². The Morgan fingerprint density at radius 3 is 2.78 bits per heavy atom. The van der Waals surface area contributed by atoms with E-state index in [9.17, 15) is 9.18 Å². The van der Waals surface area contributed by atoms with Crippen molar-refractivity contribution in [1.29, 1.82) is 0 Å². The van der Waals surface area contributed by atoms with E-state index in [4.69, 9.17) is 0 Å². The number of carbonyl (C=O) groups is 1. The molecule has 0 bridgehead atoms. The van der Waals surface area contributed by atoms with E-state index < -0.39 is 0 Å². The molecule has 1 aliphatic heterocycles. The van der Waals surface area contributed by atoms with Crippen molar-refractivity contribution in [3.8, 4) is 0 Å². The van der Waals surface area contributed by atoms with Crippen LogP contribution >= 0.6 is 0 Å². The molecule has 0 aliphatic carbocycles. The zero-order chi connectivity index (χ0) is 13.0. The van der Waals surface area contributed by atoms with E-state index in [1.165, 1.54) is 25.5 Å². The van der Waals surface area contributed by atoms with Crippen molar-refractivity contribution in [2.75, 3.05) is 6.54 Å². The molecule has 1 unspecified atom stereocenters. The van der Waals surface area contributed by atoms with Gasteiger partial charge < -0.3 is 0 Å². The first kappa shape index (κ1) is 13.0. The zero-order valence-corrected chi connectivity index (χ0v) is 10.7. The minimum Gasteiger partial charge on any atom is -0.289 e. The summed E-state index contributed by atoms with van der Waals surface area (Å²) in [6.45, 7) is 2.43. The molecule has 1 aromatic carbocycles. The number of amides is 1. The van der Waals surface area contributed by atoms with E-state index in [-0.39, 0.29) is 11.7 Å². The molecule has 1 amide bonds. The van der Waals surface area contributed by atoms with Gasteiger partial charge in [0.15, 0.2) is 0 Å². The highest BCUT2D eigenvalue weighted by atomic mass is 19.1. The van der Waals surface area contributed by atoms with Gasteiger partial charge in [-0.2, -0.15) is 0 Å². The minimum atomic E-state index is -0.207. The summed E-state index contributed by atoms with van der Waals surface area (Å²) in [5.74, 6) is -0.234. The van der Waals surface area contributed by atoms with Crippen molar-refractivity contribution < 1.29 is 9.18 Å². The van der Waals surface area contributed by atoms with Crippen molar-refractivity contribution in [3.63, 3.8) is 0 Å². The van der Waals surface area contributed by atoms with Crippen molar-refractivity contribution in [2.24, 2.45) is 0 Å². The average Bonchev–Trinajstić information content (AvgIpc) is 2.34. The standard InChI is InChI=1S/C14H19FN2O/c1-11(18)16-17-9-3-2-4-14(17)10-12-5-7-13(15)8-6-12/h5-8,14H,2-4,9-10H2,1H3,(H,16,18). The Morgan fingerprint density at radius 2 is 2.11 bits per heavy atom. The summed E-state index contributed by atoms with van der Waals surface area (Å²) in [7, 11) is 0. The van der Waals surface area contributed by atoms with Gasteiger partial charge in [-0.1, -0.05) is 18.6 Å². The number of halogens is 1. The molecule has 0 spiro atoms. The van der Waals surface area contributed by atoms with Gasteiger partial charge in [-0.05, 0) is 37.0 Å². The fourth-order valence-electron chi connectivity index (χ4n) is 2.45. The number of nitrogens with one attached hydrogen (secondary N) is 1. The molecule has 3 nitrogen and oxygen atoms in total. The summed E-state index contributed by atoms with van der Waals surface area (Å²) in [5, 5.41) is 2.02. The molecule has 1 saturated heterocycles. The Morgan fingerprint density at radius 1 is 1.39 bits per heavy atom. The van der Waals surface area contributed by atoms with E-state index in [1.807, 2.05) is 17.1 Å². The molecule has 1 aromatic rings. The van der Waals surface area contributed by atoms with Crippen LogP contribution in [0.15, 0.2) is 24.3 Å². The van der Waals surface area contributed by atoms with Gasteiger partial charge in [-0.3, -0.25) is 10.2 Å². The van der Waals surface area contributed by atoms with E-state index in [0.29, 0.717) is 6.04 Å². The second-order valence-corrected chi connectivity index (χ2v) is 4.84. The Hall–Kier alpha value is -1.42. The van der Waals surface area contributed by atoms with Crippen LogP contribution in [0.25, 0.3) is 0 Å². The Bertz CT molecular complexity index is 405. The lowest BCUT2D eigenvalue weighted by molar-refractivity contribution is -0.125. The molecule has 1 fully saturated rings. The third-order valence-corrected chi connectivity index (χ3v) is 3.31. The van der Waals surface area contributed by atoms with Crippen molar-refractivity contribution in [2.45, 2.75) is 38.6 Å². The van der Waals surface area contributed by atoms with Gasteiger partial charge in [-0.15, -0.1) is 0 Å². The molecule has 4 heteroatoms. The number of nitrogens with zero attached hydrogens (tertiary/aromatic N) is 1. The first-order valence-corrected chi connectivity index (χ1v) is 6.43. The number of hydrogen-bond donors (Lipinski definition) is 1. The van der Waals surface area contributed by atoms with Crippen LogP contribution in [-0.4, -0.2) is 23.5 Å². The summed E-state index contributed by atoms with van der Waals surface area (Å²) < 4.78 is 12.8. The summed E-state index contributed by atoms with van der Waals surface area (Å²) in [4.78, 5) is 11.2. The number of rotatable bonds is 3. The predicted molar refractivity (Wildman–Crippen MR) is 68.3 cm³/mol. The molecular formula is C14H19FN2O. The first-order valence-electron chi connectivity index (χ1n) is 6.43. The van der Waals surface area contributed by atoms with Crippen LogP contribution in [0.1, 0.15) is 31.7 Å². The minimum absolute atomic E-state index is 0.0268. The van der Waals surface area contributed by atoms with E-state index >= 15 is 0 Å². The highest BCUT2D eigenvalue weighted by Gasteiger charge is 2.23. The van der Waals surface area contributed by atoms with Crippen molar-refractivity contribution >= 4 is 5.91 Å². The highest BCUT2D eigenvalue weighted by molar-refractivity contribution is 5.72. The summed E-state index contributed by atoms with van der Waals surface area (Å²) in [5.41, 5.74) is 3.99. The molecule has 0 aromatic heterocycles. The van der Waals surface area contributed by atoms with Crippen LogP contribution in [0.3, 0.4) is 0 Å². The van der Waals surface area contributed by atoms with Gasteiger partial charge in [-0.25, -0.2) is 9.40 Å². The molecule has 1 atom stereocenters. The summed E-state index contributed by atoms with van der Waals surface area (Å²) >= 11 is 0. The lowest BCUT2D eigenvalue weighted by atomic mass is 9.97. The lowest BCUT2D eigenvalue weighted by Gasteiger charge is -2.35. The molecule has 98 valence electrons. The van der Waals surface area contributed by atoms with Crippen LogP contribution in [0.2, 0.25) is 0 Å². The van der Waals surface area contributed by atoms with Gasteiger partial charge in [0, 0.05) is 19.5 Å². The third-order valence-electron chi connectivity index (χ3n) is 3.31. The zero-order valence-electron chi connectivity index (χ0n) is 10.7. The van der Waals surface area contributed by atoms with Gasteiger partial charge in [0.05, 0.1) is 0 Å². The Balaban J connectivity index is 2.00. The van der Waals surface area contributed by atoms with Gasteiger partial charge in [0.1, 0.15) is 5.82 Å². The van der Waals surface area contributed by atoms with Gasteiger partial charge in [0.25, 0.3) is 0 Å². The quantitative estimate of drug-likeness (QED) is 0.892. The molecular weight excluding hydrogens is 231 g/mol. The van der Waals surface area contributed by atoms with E-state index in [0.717, 1.165) is 31.4 Å². The first-order chi connectivity index (χ1) is 8.65. The second kappa shape index (κ2) is 5.96. The smallest absolute Gasteiger partial charge is 0.231 e. The average molecular weight is 250 g/mol. The fourth-order valence-corrected chi connectivity index (χ4v) is 2.45. The molecule has 2 rings (SSSR count). The van der Waals surface area contributed by atoms with Crippen LogP contribution in [0.5, 0.6) is 0 Å². The van der Waals surface area contributed by atoms with E-state index in [1.54, 1.807) is 0 Å². The molecule has 1 N–H and O–H groups in total. The second-order valence-electron chi connectivity index (χ2n) is 4.84. The Labute approximate surface area is 107 Å². The highest BCUT2D eigenvalue weighted by Crippen LogP contribution is 2.19. The maximum Gasteiger partial charge on any atom is 0.231 e. The van der Waals surface area contributed by atoms with Gasteiger partial charge >= 0.3 is 0 Å². The monoisotopic (exact) mass is 250 g/mol. The SMILES string of the molecule is CC(=O)NN1CCCCC1Cc1ccc(F)cc1. The maximum atomic E-state index is 12.8. The lowest BCUT2D eigenvalue weighted by Crippen LogP contribution is -2.51. The van der Waals surface area contributed by atoms with Crippen LogP contribution in [0, 0.1) is 5.82 Å². The topological polar surface area (TPSA) is 32.3 Å². The van der Waals surface area contributed by atoms with Crippen molar-refractivity contribution in [1.82, 2.24) is 10.4 Å². The number of piperidine rings is 1. The number of hydrogen-bond acceptors (Lipinski definition) is 2. The normalized spacial score (nSPS) is 20.7. The Kier molecular flexibility index (Phi) is 4.31. The summed E-state index contributed by atoms with van der Waals surface area (Å²) in [6.07, 6.45) is 4.21. The number of benzene rings is 1. The van der Waals surface area contributed by atoms with E-state index in [2.05, 4.69) is 5.43 Å². The number of carbonyl (C=O) groups excluding carboxylic acids is 1. The number of hydrazine groups is 1. The van der Waals surface area contributed by atoms with Gasteiger partial charge in [0.2, 0.25) is 5.91 Å². The molecule has 0 radical (unpaired) electrons. The van der Waals surface area contributed by atoms with Crippen LogP contribution in [0.4, 0.5) is 4.39 Å². The molecule has 18 heavy (non-hydrogen) atoms. The fraction of sp³-hybridized carbons (Fsp3) is 0.500. The largest absolute Gasteiger partial charge is 0.289 e. The van der Waals surface area contributed by atoms with Crippen LogP contribution in [-0.2, 0) is 11.2 Å². The summed E-state index contributed by atoms with van der Waals surface area (Å²) in [6, 6.07) is 6.92. The molecule has 1 aliphatic rings. The third kappa shape index (κ3) is 3.53. The maximum absolute atomic E-state index is 12.8. The molecule has 1 heterocycles. The van der Waals surface area contributed by atoms with Crippen molar-refractivity contribution in [3.05, 3.63) is 35.6 Å².